The number of hydrazine groups is 1. The molecule has 0 unspecified atom stereocenters. The van der Waals surface area contributed by atoms with Gasteiger partial charge in [0.1, 0.15) is 0 Å². The minimum Gasteiger partial charge on any atom is -0.403 e. The van der Waals surface area contributed by atoms with Gasteiger partial charge in [-0.1, -0.05) is 24.6 Å². The smallest absolute Gasteiger partial charge is 0.403 e. The molecule has 1 fully saturated rings. The average Bonchev–Trinajstić information content (AvgIpc) is 2.66. The molecule has 0 radical (unpaired) electrons. The maximum Gasteiger partial charge on any atom is 0.457 e. The highest BCUT2D eigenvalue weighted by Gasteiger charge is 2.50. The third kappa shape index (κ3) is 3.51. The number of hydrogen-bond acceptors (Lipinski definition) is 4. The first kappa shape index (κ1) is 17.0. The zero-order chi connectivity index (χ0) is 16.4. The molecule has 1 aliphatic rings. The van der Waals surface area contributed by atoms with Gasteiger partial charge < -0.3 is 9.31 Å². The first-order valence-electron chi connectivity index (χ1n) is 7.71. The Morgan fingerprint density at radius 1 is 1.18 bits per heavy atom. The fraction of sp³-hybridized carbons (Fsp3) is 0.562. The van der Waals surface area contributed by atoms with E-state index in [2.05, 4.69) is 5.43 Å². The van der Waals surface area contributed by atoms with Gasteiger partial charge in [-0.15, -0.1) is 0 Å². The lowest BCUT2D eigenvalue weighted by Gasteiger charge is -2.32. The van der Waals surface area contributed by atoms with E-state index < -0.39 is 0 Å². The molecule has 2 rings (SSSR count). The number of amides is 1. The molecule has 1 aliphatic heterocycles. The van der Waals surface area contributed by atoms with Crippen LogP contribution in [0.1, 0.15) is 50.0 Å². The minimum absolute atomic E-state index is 0.194. The Balaban J connectivity index is 1.92. The molecule has 3 N–H and O–H groups in total. The second kappa shape index (κ2) is 6.40. The van der Waals surface area contributed by atoms with Crippen LogP contribution in [0.5, 0.6) is 0 Å². The number of benzene rings is 1. The zero-order valence-electron chi connectivity index (χ0n) is 13.8. The summed E-state index contributed by atoms with van der Waals surface area (Å²) in [5.74, 6) is 4.96. The molecular formula is C16H25BN2O3. The topological polar surface area (TPSA) is 73.6 Å². The quantitative estimate of drug-likeness (QED) is 0.379. The van der Waals surface area contributed by atoms with Gasteiger partial charge in [-0.05, 0) is 52.1 Å². The summed E-state index contributed by atoms with van der Waals surface area (Å²) in [6.07, 6.45) is 2.46. The van der Waals surface area contributed by atoms with Crippen LogP contribution in [0.3, 0.4) is 0 Å². The molecule has 5 nitrogen and oxygen atoms in total. The molecule has 0 aliphatic carbocycles. The molecule has 1 heterocycles. The third-order valence-electron chi connectivity index (χ3n) is 4.58. The van der Waals surface area contributed by atoms with E-state index in [0.717, 1.165) is 24.7 Å². The molecule has 0 bridgehead atoms. The monoisotopic (exact) mass is 304 g/mol. The summed E-state index contributed by atoms with van der Waals surface area (Å²) in [5.41, 5.74) is 3.21. The van der Waals surface area contributed by atoms with E-state index >= 15 is 0 Å². The van der Waals surface area contributed by atoms with Crippen molar-refractivity contribution in [1.82, 2.24) is 5.43 Å². The Bertz CT molecular complexity index is 530. The fourth-order valence-electron chi connectivity index (χ4n) is 2.58. The molecule has 6 heteroatoms. The van der Waals surface area contributed by atoms with Crippen LogP contribution in [0.2, 0.25) is 6.32 Å². The highest BCUT2D eigenvalue weighted by Crippen LogP contribution is 2.38. The number of nitrogens with two attached hydrogens (primary N) is 1. The van der Waals surface area contributed by atoms with Gasteiger partial charge in [-0.3, -0.25) is 10.2 Å². The Morgan fingerprint density at radius 2 is 1.77 bits per heavy atom. The Labute approximate surface area is 132 Å². The molecule has 22 heavy (non-hydrogen) atoms. The van der Waals surface area contributed by atoms with E-state index in [1.807, 2.05) is 45.9 Å². The normalized spacial score (nSPS) is 19.2. The maximum atomic E-state index is 11.7. The van der Waals surface area contributed by atoms with Crippen LogP contribution in [0, 0.1) is 0 Å². The summed E-state index contributed by atoms with van der Waals surface area (Å²) < 4.78 is 12.0. The van der Waals surface area contributed by atoms with Crippen molar-refractivity contribution in [3.05, 3.63) is 35.4 Å². The van der Waals surface area contributed by atoms with Crippen molar-refractivity contribution in [2.75, 3.05) is 0 Å². The van der Waals surface area contributed by atoms with Gasteiger partial charge >= 0.3 is 7.12 Å². The molecule has 0 aromatic heterocycles. The van der Waals surface area contributed by atoms with Crippen LogP contribution in [0.15, 0.2) is 24.3 Å². The molecule has 0 spiro atoms. The van der Waals surface area contributed by atoms with Crippen molar-refractivity contribution in [1.29, 1.82) is 0 Å². The van der Waals surface area contributed by atoms with E-state index in [1.54, 1.807) is 6.07 Å². The number of carbonyl (C=O) groups is 1. The highest BCUT2D eigenvalue weighted by molar-refractivity contribution is 6.45. The second-order valence-corrected chi connectivity index (χ2v) is 6.71. The fourth-order valence-corrected chi connectivity index (χ4v) is 2.58. The standard InChI is InChI=1S/C16H25BN2O3/c1-15(2)16(3,4)22-17(21-15)11-7-9-12-8-5-6-10-13(12)14(20)19-18/h5-6,8,10H,7,9,11,18H2,1-4H3,(H,19,20). The summed E-state index contributed by atoms with van der Waals surface area (Å²) in [7, 11) is -0.194. The maximum absolute atomic E-state index is 11.7. The van der Waals surface area contributed by atoms with Crippen LogP contribution >= 0.6 is 0 Å². The lowest BCUT2D eigenvalue weighted by molar-refractivity contribution is 0.00578. The predicted octanol–water partition coefficient (Wildman–Crippen LogP) is 2.31. The molecule has 1 amide bonds. The van der Waals surface area contributed by atoms with Crippen molar-refractivity contribution in [3.8, 4) is 0 Å². The zero-order valence-corrected chi connectivity index (χ0v) is 13.8. The van der Waals surface area contributed by atoms with E-state index in [-0.39, 0.29) is 24.2 Å². The third-order valence-corrected chi connectivity index (χ3v) is 4.58. The van der Waals surface area contributed by atoms with Gasteiger partial charge in [-0.2, -0.15) is 0 Å². The van der Waals surface area contributed by atoms with Gasteiger partial charge in [-0.25, -0.2) is 5.84 Å². The Morgan fingerprint density at radius 3 is 2.36 bits per heavy atom. The summed E-state index contributed by atoms with van der Waals surface area (Å²) in [6, 6.07) is 7.50. The summed E-state index contributed by atoms with van der Waals surface area (Å²) >= 11 is 0. The van der Waals surface area contributed by atoms with Gasteiger partial charge in [0, 0.05) is 5.56 Å². The molecular weight excluding hydrogens is 279 g/mol. The lowest BCUT2D eigenvalue weighted by Crippen LogP contribution is -2.41. The van der Waals surface area contributed by atoms with Crippen molar-refractivity contribution >= 4 is 13.0 Å². The van der Waals surface area contributed by atoms with Crippen LogP contribution in [0.4, 0.5) is 0 Å². The number of nitrogen functional groups attached to an aromatic ring is 1. The summed E-state index contributed by atoms with van der Waals surface area (Å²) in [6.45, 7) is 8.20. The molecule has 120 valence electrons. The number of hydrogen-bond donors (Lipinski definition) is 2. The number of nitrogens with one attached hydrogen (secondary N) is 1. The van der Waals surface area contributed by atoms with Crippen LogP contribution in [-0.4, -0.2) is 24.2 Å². The first-order chi connectivity index (χ1) is 10.3. The van der Waals surface area contributed by atoms with Gasteiger partial charge in [0.2, 0.25) is 0 Å². The Kier molecular flexibility index (Phi) is 4.95. The first-order valence-corrected chi connectivity index (χ1v) is 7.71. The van der Waals surface area contributed by atoms with Crippen molar-refractivity contribution < 1.29 is 14.1 Å². The average molecular weight is 304 g/mol. The minimum atomic E-state index is -0.297. The van der Waals surface area contributed by atoms with E-state index in [4.69, 9.17) is 15.2 Å². The van der Waals surface area contributed by atoms with Crippen LogP contribution in [0.25, 0.3) is 0 Å². The molecule has 1 aromatic rings. The van der Waals surface area contributed by atoms with E-state index in [0.29, 0.717) is 5.56 Å². The molecule has 0 atom stereocenters. The molecule has 1 aromatic carbocycles. The number of rotatable bonds is 5. The van der Waals surface area contributed by atoms with Crippen molar-refractivity contribution in [3.63, 3.8) is 0 Å². The summed E-state index contributed by atoms with van der Waals surface area (Å²) in [5, 5.41) is 0. The van der Waals surface area contributed by atoms with Gasteiger partial charge in [0.15, 0.2) is 0 Å². The van der Waals surface area contributed by atoms with Crippen LogP contribution in [-0.2, 0) is 15.7 Å². The second-order valence-electron chi connectivity index (χ2n) is 6.71. The number of aryl methyl sites for hydroxylation is 1. The van der Waals surface area contributed by atoms with Gasteiger partial charge in [0.05, 0.1) is 11.2 Å². The van der Waals surface area contributed by atoms with E-state index in [1.165, 1.54) is 0 Å². The molecule has 0 saturated carbocycles. The summed E-state index contributed by atoms with van der Waals surface area (Å²) in [4.78, 5) is 11.7. The SMILES string of the molecule is CC1(C)OB(CCCc2ccccc2C(=O)NN)OC1(C)C. The van der Waals surface area contributed by atoms with Crippen molar-refractivity contribution in [2.45, 2.75) is 58.1 Å². The van der Waals surface area contributed by atoms with Crippen LogP contribution < -0.4 is 11.3 Å². The Hall–Kier alpha value is -1.37. The largest absolute Gasteiger partial charge is 0.457 e. The highest BCUT2D eigenvalue weighted by atomic mass is 16.7. The predicted molar refractivity (Wildman–Crippen MR) is 87.3 cm³/mol. The van der Waals surface area contributed by atoms with Crippen molar-refractivity contribution in [2.24, 2.45) is 5.84 Å². The van der Waals surface area contributed by atoms with Gasteiger partial charge in [0.25, 0.3) is 5.91 Å². The number of carbonyl (C=O) groups excluding carboxylic acids is 1. The molecule has 1 saturated heterocycles. The lowest BCUT2D eigenvalue weighted by atomic mass is 9.81. The van der Waals surface area contributed by atoms with E-state index in [9.17, 15) is 4.79 Å².